The summed E-state index contributed by atoms with van der Waals surface area (Å²) in [4.78, 5) is 0. The molecule has 0 saturated carbocycles. The summed E-state index contributed by atoms with van der Waals surface area (Å²) in [5.74, 6) is 0.427. The largest absolute Gasteiger partial charge is 0.274 e. The molecule has 0 fully saturated rings. The van der Waals surface area contributed by atoms with Crippen LogP contribution in [0.15, 0.2) is 18.2 Å². The highest BCUT2D eigenvalue weighted by molar-refractivity contribution is 7.85. The summed E-state index contributed by atoms with van der Waals surface area (Å²) < 4.78 is 23.5. The number of benzene rings is 1. The van der Waals surface area contributed by atoms with Crippen LogP contribution in [0, 0.1) is 0 Å². The van der Waals surface area contributed by atoms with E-state index < -0.39 is 10.1 Å². The number of hydrogen-bond acceptors (Lipinski definition) is 3. The van der Waals surface area contributed by atoms with Crippen LogP contribution in [0.4, 0.5) is 0 Å². The number of halogens is 3. The molecule has 0 amide bonds. The SMILES string of the molecule is COS(C)(=O)=O.ClCc1ccc(Cl)cc1Cl. The Hall–Kier alpha value is -0.000000000000000111. The quantitative estimate of drug-likeness (QED) is 0.622. The molecule has 1 aromatic rings. The normalized spacial score (nSPS) is 10.6. The van der Waals surface area contributed by atoms with Crippen LogP contribution in [0.1, 0.15) is 5.56 Å². The summed E-state index contributed by atoms with van der Waals surface area (Å²) in [5, 5.41) is 1.27. The van der Waals surface area contributed by atoms with E-state index in [-0.39, 0.29) is 0 Å². The van der Waals surface area contributed by atoms with Crippen molar-refractivity contribution >= 4 is 44.9 Å². The zero-order valence-electron chi connectivity index (χ0n) is 8.71. The first-order valence-corrected chi connectivity index (χ1v) is 7.16. The second-order valence-electron chi connectivity index (χ2n) is 2.74. The highest BCUT2D eigenvalue weighted by Gasteiger charge is 1.97. The van der Waals surface area contributed by atoms with E-state index in [4.69, 9.17) is 34.8 Å². The van der Waals surface area contributed by atoms with Crippen molar-refractivity contribution in [3.05, 3.63) is 33.8 Å². The minimum Gasteiger partial charge on any atom is -0.274 e. The summed E-state index contributed by atoms with van der Waals surface area (Å²) in [6, 6.07) is 5.27. The molecular formula is C9H11Cl3O3S. The maximum Gasteiger partial charge on any atom is 0.264 e. The van der Waals surface area contributed by atoms with Gasteiger partial charge in [-0.25, -0.2) is 0 Å². The Bertz CT molecular complexity index is 432. The van der Waals surface area contributed by atoms with Crippen LogP contribution in [0.2, 0.25) is 10.0 Å². The molecule has 1 rings (SSSR count). The van der Waals surface area contributed by atoms with Gasteiger partial charge in [-0.15, -0.1) is 11.6 Å². The minimum absolute atomic E-state index is 0.427. The van der Waals surface area contributed by atoms with Crippen LogP contribution in [-0.2, 0) is 20.2 Å². The van der Waals surface area contributed by atoms with Gasteiger partial charge in [-0.05, 0) is 17.7 Å². The van der Waals surface area contributed by atoms with E-state index in [9.17, 15) is 8.42 Å². The van der Waals surface area contributed by atoms with Gasteiger partial charge in [-0.2, -0.15) is 8.42 Å². The molecule has 0 atom stereocenters. The number of hydrogen-bond donors (Lipinski definition) is 0. The highest BCUT2D eigenvalue weighted by atomic mass is 35.5. The third kappa shape index (κ3) is 7.30. The lowest BCUT2D eigenvalue weighted by molar-refractivity contribution is 0.403. The monoisotopic (exact) mass is 304 g/mol. The number of rotatable bonds is 2. The smallest absolute Gasteiger partial charge is 0.264 e. The van der Waals surface area contributed by atoms with Crippen molar-refractivity contribution in [2.24, 2.45) is 0 Å². The Kier molecular flexibility index (Phi) is 7.35. The summed E-state index contributed by atoms with van der Waals surface area (Å²) in [7, 11) is -2.04. The van der Waals surface area contributed by atoms with E-state index in [1.54, 1.807) is 12.1 Å². The maximum atomic E-state index is 9.78. The van der Waals surface area contributed by atoms with Crippen molar-refractivity contribution < 1.29 is 12.6 Å². The van der Waals surface area contributed by atoms with Crippen LogP contribution >= 0.6 is 34.8 Å². The molecule has 7 heteroatoms. The predicted molar refractivity (Wildman–Crippen MR) is 67.9 cm³/mol. The second kappa shape index (κ2) is 7.35. The summed E-state index contributed by atoms with van der Waals surface area (Å²) in [6.07, 6.45) is 0.993. The molecule has 0 bridgehead atoms. The molecule has 1 aromatic carbocycles. The fourth-order valence-corrected chi connectivity index (χ4v) is 1.41. The van der Waals surface area contributed by atoms with E-state index in [0.717, 1.165) is 18.9 Å². The minimum atomic E-state index is -3.16. The van der Waals surface area contributed by atoms with E-state index >= 15 is 0 Å². The van der Waals surface area contributed by atoms with E-state index in [1.165, 1.54) is 0 Å². The van der Waals surface area contributed by atoms with Crippen molar-refractivity contribution in [2.45, 2.75) is 5.88 Å². The molecule has 0 aliphatic heterocycles. The summed E-state index contributed by atoms with van der Waals surface area (Å²) in [6.45, 7) is 0. The molecule has 0 radical (unpaired) electrons. The molecule has 0 N–H and O–H groups in total. The number of alkyl halides is 1. The van der Waals surface area contributed by atoms with Gasteiger partial charge in [0.15, 0.2) is 0 Å². The van der Waals surface area contributed by atoms with Crippen LogP contribution < -0.4 is 0 Å². The van der Waals surface area contributed by atoms with E-state index in [1.807, 2.05) is 6.07 Å². The molecule has 0 saturated heterocycles. The molecule has 0 unspecified atom stereocenters. The van der Waals surface area contributed by atoms with Gasteiger partial charge in [0.05, 0.1) is 13.4 Å². The third-order valence-electron chi connectivity index (χ3n) is 1.46. The molecule has 3 nitrogen and oxygen atoms in total. The van der Waals surface area contributed by atoms with E-state index in [2.05, 4.69) is 4.18 Å². The second-order valence-corrected chi connectivity index (χ2v) is 5.59. The molecule has 0 aromatic heterocycles. The van der Waals surface area contributed by atoms with Crippen LogP contribution in [0.25, 0.3) is 0 Å². The first-order valence-electron chi connectivity index (χ1n) is 4.05. The zero-order valence-corrected chi connectivity index (χ0v) is 11.8. The lowest BCUT2D eigenvalue weighted by atomic mass is 10.2. The van der Waals surface area contributed by atoms with Crippen LogP contribution in [0.5, 0.6) is 0 Å². The van der Waals surface area contributed by atoms with Gasteiger partial charge in [-0.1, -0.05) is 29.3 Å². The fraction of sp³-hybridized carbons (Fsp3) is 0.333. The molecule has 0 aliphatic rings. The van der Waals surface area contributed by atoms with Crippen molar-refractivity contribution in [3.63, 3.8) is 0 Å². The topological polar surface area (TPSA) is 43.4 Å². The van der Waals surface area contributed by atoms with Crippen molar-refractivity contribution in [1.29, 1.82) is 0 Å². The lowest BCUT2D eigenvalue weighted by Gasteiger charge is -1.97. The average Bonchev–Trinajstić information content (AvgIpc) is 2.18. The predicted octanol–water partition coefficient (Wildman–Crippen LogP) is 3.32. The zero-order chi connectivity index (χ0) is 12.8. The van der Waals surface area contributed by atoms with Gasteiger partial charge in [0.25, 0.3) is 10.1 Å². The fourth-order valence-electron chi connectivity index (χ4n) is 0.630. The average molecular weight is 306 g/mol. The Balaban J connectivity index is 0.000000325. The molecule has 0 heterocycles. The van der Waals surface area contributed by atoms with Gasteiger partial charge in [0.1, 0.15) is 0 Å². The first kappa shape index (κ1) is 16.0. The Labute approximate surface area is 110 Å². The van der Waals surface area contributed by atoms with Crippen molar-refractivity contribution in [1.82, 2.24) is 0 Å². The van der Waals surface area contributed by atoms with Crippen molar-refractivity contribution in [3.8, 4) is 0 Å². The lowest BCUT2D eigenvalue weighted by Crippen LogP contribution is -1.95. The molecule has 16 heavy (non-hydrogen) atoms. The maximum absolute atomic E-state index is 9.78. The van der Waals surface area contributed by atoms with Crippen molar-refractivity contribution in [2.75, 3.05) is 13.4 Å². The van der Waals surface area contributed by atoms with Gasteiger partial charge in [-0.3, -0.25) is 4.18 Å². The summed E-state index contributed by atoms with van der Waals surface area (Å²) in [5.41, 5.74) is 0.910. The van der Waals surface area contributed by atoms with E-state index in [0.29, 0.717) is 15.9 Å². The van der Waals surface area contributed by atoms with Gasteiger partial charge >= 0.3 is 0 Å². The van der Waals surface area contributed by atoms with Gasteiger partial charge < -0.3 is 0 Å². The van der Waals surface area contributed by atoms with Crippen LogP contribution in [0.3, 0.4) is 0 Å². The molecule has 0 aliphatic carbocycles. The summed E-state index contributed by atoms with van der Waals surface area (Å²) >= 11 is 17.0. The Morgan fingerprint density at radius 3 is 2.12 bits per heavy atom. The highest BCUT2D eigenvalue weighted by Crippen LogP contribution is 2.21. The Morgan fingerprint density at radius 1 is 1.31 bits per heavy atom. The molecular weight excluding hydrogens is 295 g/mol. The van der Waals surface area contributed by atoms with Gasteiger partial charge in [0.2, 0.25) is 0 Å². The van der Waals surface area contributed by atoms with Gasteiger partial charge in [0, 0.05) is 15.9 Å². The first-order chi connectivity index (χ1) is 7.30. The standard InChI is InChI=1S/C7H5Cl3.C2H6O3S/c8-4-5-1-2-6(9)3-7(5)10;1-5-6(2,3)4/h1-3H,4H2;1-2H3. The van der Waals surface area contributed by atoms with Crippen LogP contribution in [-0.4, -0.2) is 21.8 Å². The molecule has 0 spiro atoms. The third-order valence-corrected chi connectivity index (χ3v) is 2.94. The molecule has 92 valence electrons. The Morgan fingerprint density at radius 2 is 1.81 bits per heavy atom.